The highest BCUT2D eigenvalue weighted by Gasteiger charge is 2.22. The molecule has 0 radical (unpaired) electrons. The van der Waals surface area contributed by atoms with Crippen molar-refractivity contribution < 1.29 is 24.9 Å². The Morgan fingerprint density at radius 2 is 1.75 bits per heavy atom. The first-order valence-electron chi connectivity index (χ1n) is 4.66. The minimum absolute atomic E-state index is 0.331. The summed E-state index contributed by atoms with van der Waals surface area (Å²) in [5, 5.41) is 30.7. The summed E-state index contributed by atoms with van der Waals surface area (Å²) in [5.41, 5.74) is 0.331. The predicted molar refractivity (Wildman–Crippen MR) is 49.5 cm³/mol. The van der Waals surface area contributed by atoms with Gasteiger partial charge in [0.25, 0.3) is 0 Å². The van der Waals surface area contributed by atoms with Gasteiger partial charge in [-0.3, -0.25) is 0 Å². The molecular formula is C11H10O5-2. The molecule has 1 N–H and O–H groups in total. The van der Waals surface area contributed by atoms with E-state index in [4.69, 9.17) is 0 Å². The van der Waals surface area contributed by atoms with E-state index in [-0.39, 0.29) is 0 Å². The molecule has 0 aromatic heterocycles. The van der Waals surface area contributed by atoms with Crippen LogP contribution in [0.25, 0.3) is 0 Å². The first kappa shape index (κ1) is 12.2. The number of hydrogen-bond acceptors (Lipinski definition) is 5. The minimum atomic E-state index is -1.61. The molecule has 0 aliphatic carbocycles. The zero-order valence-corrected chi connectivity index (χ0v) is 8.33. The summed E-state index contributed by atoms with van der Waals surface area (Å²) in [6.45, 7) is 0. The number of carbonyl (C=O) groups excluding carboxylic acids is 2. The molecule has 0 unspecified atom stereocenters. The number of carboxylic acids is 2. The first-order chi connectivity index (χ1) is 7.52. The molecule has 1 aromatic rings. The Morgan fingerprint density at radius 1 is 1.19 bits per heavy atom. The number of hydrogen-bond donors (Lipinski definition) is 1. The fourth-order valence-corrected chi connectivity index (χ4v) is 1.39. The number of rotatable bonds is 5. The van der Waals surface area contributed by atoms with Crippen LogP contribution < -0.4 is 10.2 Å². The number of carboxylic acid groups (broad SMARTS) is 2. The van der Waals surface area contributed by atoms with Gasteiger partial charge in [-0.25, -0.2) is 0 Å². The minimum Gasteiger partial charge on any atom is -0.550 e. The molecule has 1 rings (SSSR count). The number of aliphatic hydroxyl groups excluding tert-OH is 1. The normalized spacial score (nSPS) is 14.1. The summed E-state index contributed by atoms with van der Waals surface area (Å²) in [5.74, 6) is -4.66. The van der Waals surface area contributed by atoms with Crippen LogP contribution in [-0.4, -0.2) is 17.0 Å². The van der Waals surface area contributed by atoms with Gasteiger partial charge in [0.2, 0.25) is 0 Å². The van der Waals surface area contributed by atoms with Gasteiger partial charge in [0.15, 0.2) is 0 Å². The van der Waals surface area contributed by atoms with E-state index in [1.165, 1.54) is 12.1 Å². The number of aliphatic carboxylic acids is 2. The third-order valence-electron chi connectivity index (χ3n) is 2.21. The highest BCUT2D eigenvalue weighted by molar-refractivity contribution is 5.76. The molecule has 0 aliphatic heterocycles. The quantitative estimate of drug-likeness (QED) is 0.635. The summed E-state index contributed by atoms with van der Waals surface area (Å²) in [6.07, 6.45) is -2.19. The number of carbonyl (C=O) groups is 2. The van der Waals surface area contributed by atoms with E-state index in [0.29, 0.717) is 5.56 Å². The molecule has 0 amide bonds. The van der Waals surface area contributed by atoms with Gasteiger partial charge in [-0.2, -0.15) is 0 Å². The van der Waals surface area contributed by atoms with E-state index >= 15 is 0 Å². The van der Waals surface area contributed by atoms with E-state index in [0.717, 1.165) is 0 Å². The molecule has 2 atom stereocenters. The van der Waals surface area contributed by atoms with E-state index in [9.17, 15) is 24.9 Å². The second-order valence-corrected chi connectivity index (χ2v) is 3.36. The average molecular weight is 222 g/mol. The molecular weight excluding hydrogens is 212 g/mol. The molecule has 0 aliphatic rings. The van der Waals surface area contributed by atoms with Crippen molar-refractivity contribution in [1.29, 1.82) is 0 Å². The van der Waals surface area contributed by atoms with Gasteiger partial charge in [0.05, 0.1) is 6.10 Å². The van der Waals surface area contributed by atoms with Gasteiger partial charge in [-0.1, -0.05) is 30.3 Å². The second kappa shape index (κ2) is 5.27. The van der Waals surface area contributed by atoms with Gasteiger partial charge < -0.3 is 24.9 Å². The van der Waals surface area contributed by atoms with Crippen LogP contribution in [0.5, 0.6) is 0 Å². The summed E-state index contributed by atoms with van der Waals surface area (Å²) in [7, 11) is 0. The van der Waals surface area contributed by atoms with Crippen LogP contribution in [0.3, 0.4) is 0 Å². The molecule has 0 heterocycles. The molecule has 16 heavy (non-hydrogen) atoms. The third-order valence-corrected chi connectivity index (χ3v) is 2.21. The van der Waals surface area contributed by atoms with Gasteiger partial charge in [-0.05, 0) is 12.0 Å². The SMILES string of the molecule is O=C([O-])C[C@@H](C(=O)[O-])[C@H](O)c1ccccc1. The molecule has 86 valence electrons. The van der Waals surface area contributed by atoms with Crippen molar-refractivity contribution in [2.24, 2.45) is 5.92 Å². The monoisotopic (exact) mass is 222 g/mol. The lowest BCUT2D eigenvalue weighted by Crippen LogP contribution is -2.39. The van der Waals surface area contributed by atoms with Crippen LogP contribution >= 0.6 is 0 Å². The molecule has 0 bridgehead atoms. The van der Waals surface area contributed by atoms with Crippen molar-refractivity contribution >= 4 is 11.9 Å². The molecule has 0 saturated heterocycles. The Kier molecular flexibility index (Phi) is 4.02. The van der Waals surface area contributed by atoms with Gasteiger partial charge in [0.1, 0.15) is 0 Å². The highest BCUT2D eigenvalue weighted by Crippen LogP contribution is 2.23. The standard InChI is InChI=1S/C11H12O5/c12-9(13)6-8(11(15)16)10(14)7-4-2-1-3-5-7/h1-5,8,10,14H,6H2,(H,12,13)(H,15,16)/p-2/t8-,10-/m1/s1. The highest BCUT2D eigenvalue weighted by atomic mass is 16.4. The van der Waals surface area contributed by atoms with Crippen LogP contribution in [0.15, 0.2) is 30.3 Å². The van der Waals surface area contributed by atoms with E-state index in [2.05, 4.69) is 0 Å². The summed E-state index contributed by atoms with van der Waals surface area (Å²) < 4.78 is 0. The maximum Gasteiger partial charge on any atom is 0.0873 e. The van der Waals surface area contributed by atoms with Gasteiger partial charge >= 0.3 is 0 Å². The van der Waals surface area contributed by atoms with Gasteiger partial charge in [-0.15, -0.1) is 0 Å². The Hall–Kier alpha value is -1.88. The Labute approximate surface area is 92.0 Å². The lowest BCUT2D eigenvalue weighted by molar-refractivity contribution is -0.323. The summed E-state index contributed by atoms with van der Waals surface area (Å²) >= 11 is 0. The number of benzene rings is 1. The summed E-state index contributed by atoms with van der Waals surface area (Å²) in [4.78, 5) is 21.0. The van der Waals surface area contributed by atoms with Crippen molar-refractivity contribution in [2.75, 3.05) is 0 Å². The maximum absolute atomic E-state index is 10.7. The third kappa shape index (κ3) is 3.06. The molecule has 5 heteroatoms. The zero-order valence-electron chi connectivity index (χ0n) is 8.33. The molecule has 5 nitrogen and oxygen atoms in total. The summed E-state index contributed by atoms with van der Waals surface area (Å²) in [6, 6.07) is 7.95. The maximum atomic E-state index is 10.7. The van der Waals surface area contributed by atoms with Crippen LogP contribution in [0, 0.1) is 5.92 Å². The van der Waals surface area contributed by atoms with Crippen molar-refractivity contribution in [3.05, 3.63) is 35.9 Å². The fourth-order valence-electron chi connectivity index (χ4n) is 1.39. The van der Waals surface area contributed by atoms with Crippen LogP contribution in [-0.2, 0) is 9.59 Å². The van der Waals surface area contributed by atoms with Crippen molar-refractivity contribution in [2.45, 2.75) is 12.5 Å². The molecule has 0 fully saturated rings. The largest absolute Gasteiger partial charge is 0.550 e. The molecule has 0 spiro atoms. The topological polar surface area (TPSA) is 100 Å². The van der Waals surface area contributed by atoms with E-state index in [1.54, 1.807) is 18.2 Å². The van der Waals surface area contributed by atoms with E-state index in [1.807, 2.05) is 0 Å². The molecule has 0 saturated carbocycles. The van der Waals surface area contributed by atoms with Crippen molar-refractivity contribution in [3.8, 4) is 0 Å². The number of aliphatic hydroxyl groups is 1. The van der Waals surface area contributed by atoms with Crippen molar-refractivity contribution in [3.63, 3.8) is 0 Å². The van der Waals surface area contributed by atoms with Crippen molar-refractivity contribution in [1.82, 2.24) is 0 Å². The Bertz CT molecular complexity index is 373. The average Bonchev–Trinajstić information content (AvgIpc) is 2.25. The van der Waals surface area contributed by atoms with Crippen LogP contribution in [0.1, 0.15) is 18.1 Å². The Balaban J connectivity index is 2.87. The fraction of sp³-hybridized carbons (Fsp3) is 0.273. The lowest BCUT2D eigenvalue weighted by Gasteiger charge is -2.24. The van der Waals surface area contributed by atoms with E-state index < -0.39 is 30.4 Å². The molecule has 1 aromatic carbocycles. The first-order valence-corrected chi connectivity index (χ1v) is 4.66. The van der Waals surface area contributed by atoms with Crippen LogP contribution in [0.4, 0.5) is 0 Å². The second-order valence-electron chi connectivity index (χ2n) is 3.36. The Morgan fingerprint density at radius 3 is 2.19 bits per heavy atom. The van der Waals surface area contributed by atoms with Crippen LogP contribution in [0.2, 0.25) is 0 Å². The zero-order chi connectivity index (χ0) is 12.1. The smallest absolute Gasteiger partial charge is 0.0873 e. The lowest BCUT2D eigenvalue weighted by atomic mass is 9.93. The predicted octanol–water partition coefficient (Wildman–Crippen LogP) is -1.77. The van der Waals surface area contributed by atoms with Gasteiger partial charge in [0, 0.05) is 17.9 Å².